The van der Waals surface area contributed by atoms with Crippen molar-refractivity contribution in [1.82, 2.24) is 5.32 Å². The van der Waals surface area contributed by atoms with E-state index in [1.807, 2.05) is 0 Å². The number of hydrogen-bond acceptors (Lipinski definition) is 3. The summed E-state index contributed by atoms with van der Waals surface area (Å²) < 4.78 is 31.9. The molecule has 0 unspecified atom stereocenters. The maximum atomic E-state index is 13.5. The fraction of sp³-hybridized carbons (Fsp3) is 0.333. The normalized spacial score (nSPS) is 11.2. The Labute approximate surface area is 122 Å². The van der Waals surface area contributed by atoms with Crippen molar-refractivity contribution in [3.8, 4) is 6.07 Å². The maximum Gasteiger partial charge on any atom is 0.407 e. The van der Waals surface area contributed by atoms with Crippen LogP contribution in [-0.4, -0.2) is 18.2 Å². The van der Waals surface area contributed by atoms with E-state index >= 15 is 0 Å². The highest BCUT2D eigenvalue weighted by atomic mass is 19.1. The van der Waals surface area contributed by atoms with Crippen molar-refractivity contribution >= 4 is 12.2 Å². The van der Waals surface area contributed by atoms with Crippen LogP contribution in [0.25, 0.3) is 6.08 Å². The van der Waals surface area contributed by atoms with Crippen LogP contribution in [0.2, 0.25) is 0 Å². The molecular formula is C15H16F2N2O2. The summed E-state index contributed by atoms with van der Waals surface area (Å²) in [5.41, 5.74) is -0.954. The largest absolute Gasteiger partial charge is 0.444 e. The van der Waals surface area contributed by atoms with E-state index in [0.717, 1.165) is 12.1 Å². The quantitative estimate of drug-likeness (QED) is 0.929. The Morgan fingerprint density at radius 1 is 1.38 bits per heavy atom. The fourth-order valence-electron chi connectivity index (χ4n) is 1.42. The van der Waals surface area contributed by atoms with Crippen molar-refractivity contribution in [2.75, 3.05) is 6.54 Å². The molecule has 0 aliphatic rings. The van der Waals surface area contributed by atoms with Gasteiger partial charge in [0.25, 0.3) is 0 Å². The van der Waals surface area contributed by atoms with Gasteiger partial charge in [-0.15, -0.1) is 0 Å². The molecule has 0 radical (unpaired) electrons. The summed E-state index contributed by atoms with van der Waals surface area (Å²) in [7, 11) is 0. The number of nitriles is 1. The summed E-state index contributed by atoms with van der Waals surface area (Å²) in [6, 6.07) is 3.31. The lowest BCUT2D eigenvalue weighted by Crippen LogP contribution is -2.32. The minimum Gasteiger partial charge on any atom is -0.444 e. The van der Waals surface area contributed by atoms with E-state index in [0.29, 0.717) is 0 Å². The summed E-state index contributed by atoms with van der Waals surface area (Å²) >= 11 is 0. The number of hydrogen-bond donors (Lipinski definition) is 1. The van der Waals surface area contributed by atoms with Gasteiger partial charge in [0.15, 0.2) is 0 Å². The number of nitrogens with zero attached hydrogens (tertiary/aromatic N) is 1. The first-order chi connectivity index (χ1) is 9.73. The third kappa shape index (κ3) is 5.61. The maximum absolute atomic E-state index is 13.5. The number of nitrogens with one attached hydrogen (secondary N) is 1. The van der Waals surface area contributed by atoms with E-state index in [4.69, 9.17) is 10.00 Å². The average Bonchev–Trinajstić information content (AvgIpc) is 2.35. The Balaban J connectivity index is 2.61. The molecule has 0 bridgehead atoms. The predicted molar refractivity (Wildman–Crippen MR) is 74.3 cm³/mol. The zero-order valence-electron chi connectivity index (χ0n) is 12.0. The van der Waals surface area contributed by atoms with Crippen molar-refractivity contribution in [1.29, 1.82) is 5.26 Å². The molecule has 0 atom stereocenters. The molecule has 0 aliphatic carbocycles. The molecule has 0 aliphatic heterocycles. The topological polar surface area (TPSA) is 62.1 Å². The monoisotopic (exact) mass is 294 g/mol. The Bertz CT molecular complexity index is 599. The lowest BCUT2D eigenvalue weighted by molar-refractivity contribution is 0.0534. The number of benzene rings is 1. The van der Waals surface area contributed by atoms with Gasteiger partial charge in [0.1, 0.15) is 23.3 Å². The minimum atomic E-state index is -0.793. The Kier molecular flexibility index (Phi) is 5.42. The Morgan fingerprint density at radius 3 is 2.62 bits per heavy atom. The summed E-state index contributed by atoms with van der Waals surface area (Å²) in [6.45, 7) is 5.31. The molecule has 1 amide bonds. The molecule has 1 rings (SSSR count). The third-order valence-electron chi connectivity index (χ3n) is 2.27. The van der Waals surface area contributed by atoms with Crippen LogP contribution in [0.1, 0.15) is 31.9 Å². The smallest absolute Gasteiger partial charge is 0.407 e. The molecule has 1 aromatic rings. The molecule has 0 aromatic heterocycles. The first-order valence-electron chi connectivity index (χ1n) is 6.25. The van der Waals surface area contributed by atoms with E-state index in [1.54, 1.807) is 26.8 Å². The lowest BCUT2D eigenvalue weighted by Gasteiger charge is -2.19. The number of alkyl carbamates (subject to hydrolysis) is 1. The molecule has 21 heavy (non-hydrogen) atoms. The molecule has 0 fully saturated rings. The summed E-state index contributed by atoms with van der Waals surface area (Å²) in [6.07, 6.45) is 2.17. The molecule has 112 valence electrons. The Morgan fingerprint density at radius 2 is 2.05 bits per heavy atom. The van der Waals surface area contributed by atoms with Gasteiger partial charge >= 0.3 is 6.09 Å². The average molecular weight is 294 g/mol. The molecule has 0 saturated carbocycles. The number of carbonyl (C=O) groups is 1. The van der Waals surface area contributed by atoms with Gasteiger partial charge < -0.3 is 10.1 Å². The molecule has 0 saturated heterocycles. The number of amides is 1. The van der Waals surface area contributed by atoms with Gasteiger partial charge in [0.2, 0.25) is 0 Å². The molecule has 0 spiro atoms. The van der Waals surface area contributed by atoms with Crippen LogP contribution in [-0.2, 0) is 4.74 Å². The molecule has 4 nitrogen and oxygen atoms in total. The van der Waals surface area contributed by atoms with Crippen LogP contribution < -0.4 is 5.32 Å². The van der Waals surface area contributed by atoms with Gasteiger partial charge in [0, 0.05) is 12.1 Å². The van der Waals surface area contributed by atoms with E-state index in [2.05, 4.69) is 5.32 Å². The first-order valence-corrected chi connectivity index (χ1v) is 6.25. The summed E-state index contributed by atoms with van der Waals surface area (Å²) in [4.78, 5) is 11.3. The van der Waals surface area contributed by atoms with Crippen molar-refractivity contribution in [2.24, 2.45) is 0 Å². The van der Waals surface area contributed by atoms with Gasteiger partial charge in [-0.25, -0.2) is 13.6 Å². The van der Waals surface area contributed by atoms with Crippen LogP contribution in [0, 0.1) is 23.0 Å². The number of halogens is 2. The van der Waals surface area contributed by atoms with Crippen molar-refractivity contribution in [3.05, 3.63) is 41.0 Å². The van der Waals surface area contributed by atoms with Crippen LogP contribution in [0.4, 0.5) is 13.6 Å². The number of ether oxygens (including phenoxy) is 1. The van der Waals surface area contributed by atoms with E-state index in [9.17, 15) is 13.6 Å². The molecule has 1 N–H and O–H groups in total. The predicted octanol–water partition coefficient (Wildman–Crippen LogP) is 3.37. The van der Waals surface area contributed by atoms with Crippen molar-refractivity contribution in [3.63, 3.8) is 0 Å². The van der Waals surface area contributed by atoms with Gasteiger partial charge in [-0.1, -0.05) is 12.2 Å². The van der Waals surface area contributed by atoms with E-state index in [1.165, 1.54) is 12.2 Å². The lowest BCUT2D eigenvalue weighted by atomic mass is 10.1. The van der Waals surface area contributed by atoms with E-state index < -0.39 is 23.3 Å². The van der Waals surface area contributed by atoms with Gasteiger partial charge in [-0.05, 0) is 32.9 Å². The highest BCUT2D eigenvalue weighted by Gasteiger charge is 2.15. The van der Waals surface area contributed by atoms with Crippen LogP contribution in [0.5, 0.6) is 0 Å². The molecular weight excluding hydrogens is 278 g/mol. The zero-order chi connectivity index (χ0) is 16.0. The summed E-state index contributed by atoms with van der Waals surface area (Å²) in [5, 5.41) is 11.0. The second-order valence-electron chi connectivity index (χ2n) is 5.25. The Hall–Kier alpha value is -2.42. The van der Waals surface area contributed by atoms with Crippen molar-refractivity contribution < 1.29 is 18.3 Å². The fourth-order valence-corrected chi connectivity index (χ4v) is 1.42. The van der Waals surface area contributed by atoms with Gasteiger partial charge in [0.05, 0.1) is 5.56 Å². The van der Waals surface area contributed by atoms with Crippen LogP contribution >= 0.6 is 0 Å². The second kappa shape index (κ2) is 6.84. The number of carbonyl (C=O) groups excluding carboxylic acids is 1. The SMILES string of the molecule is CC(C)(C)OC(=O)NCC=Cc1cc(F)c(C#N)cc1F. The zero-order valence-corrected chi connectivity index (χ0v) is 12.0. The summed E-state index contributed by atoms with van der Waals surface area (Å²) in [5.74, 6) is -1.50. The van der Waals surface area contributed by atoms with Crippen LogP contribution in [0.15, 0.2) is 18.2 Å². The van der Waals surface area contributed by atoms with Crippen LogP contribution in [0.3, 0.4) is 0 Å². The molecule has 1 aromatic carbocycles. The van der Waals surface area contributed by atoms with Gasteiger partial charge in [-0.3, -0.25) is 0 Å². The number of rotatable bonds is 3. The highest BCUT2D eigenvalue weighted by Crippen LogP contribution is 2.15. The minimum absolute atomic E-state index is 0.00233. The van der Waals surface area contributed by atoms with Crippen molar-refractivity contribution in [2.45, 2.75) is 26.4 Å². The second-order valence-corrected chi connectivity index (χ2v) is 5.25. The first kappa shape index (κ1) is 16.6. The molecule has 0 heterocycles. The van der Waals surface area contributed by atoms with E-state index in [-0.39, 0.29) is 17.7 Å². The highest BCUT2D eigenvalue weighted by molar-refractivity contribution is 5.68. The third-order valence-corrected chi connectivity index (χ3v) is 2.27. The molecule has 6 heteroatoms. The standard InChI is InChI=1S/C15H16F2N2O2/c1-15(2,3)21-14(20)19-6-4-5-10-7-13(17)11(9-18)8-12(10)16/h4-5,7-8H,6H2,1-3H3,(H,19,20). The van der Waals surface area contributed by atoms with Gasteiger partial charge in [-0.2, -0.15) is 5.26 Å².